The van der Waals surface area contributed by atoms with Crippen LogP contribution in [0, 0.1) is 15.0 Å². The van der Waals surface area contributed by atoms with Gasteiger partial charge in [0.25, 0.3) is 6.43 Å². The number of halogens is 4. The van der Waals surface area contributed by atoms with Crippen LogP contribution in [0.2, 0.25) is 0 Å². The van der Waals surface area contributed by atoms with Crippen LogP contribution in [0.3, 0.4) is 0 Å². The molecule has 1 rings (SSSR count). The van der Waals surface area contributed by atoms with Crippen molar-refractivity contribution >= 4 is 38.5 Å². The summed E-state index contributed by atoms with van der Waals surface area (Å²) in [6.07, 6.45) is -1.26. The van der Waals surface area contributed by atoms with Gasteiger partial charge in [0.1, 0.15) is 3.70 Å². The molecule has 0 aromatic carbocycles. The van der Waals surface area contributed by atoms with E-state index in [1.807, 2.05) is 28.7 Å². The summed E-state index contributed by atoms with van der Waals surface area (Å²) in [5.41, 5.74) is 0.716. The summed E-state index contributed by atoms with van der Waals surface area (Å²) in [6, 6.07) is 1.86. The van der Waals surface area contributed by atoms with Crippen LogP contribution in [0.15, 0.2) is 6.20 Å². The topological polar surface area (TPSA) is 36.7 Å². The first-order valence-corrected chi connectivity index (χ1v) is 6.19. The number of nitrogens with zero attached hydrogens (tertiary/aromatic N) is 2. The van der Waals surface area contributed by atoms with Gasteiger partial charge in [-0.05, 0) is 28.2 Å². The van der Waals surface area contributed by atoms with E-state index in [0.717, 1.165) is 0 Å². The molecule has 0 amide bonds. The fraction of sp³-hybridized carbons (Fsp3) is 0.333. The van der Waals surface area contributed by atoms with Gasteiger partial charge in [-0.1, -0.05) is 15.9 Å². The minimum atomic E-state index is -2.57. The van der Waals surface area contributed by atoms with Crippen molar-refractivity contribution in [3.8, 4) is 6.07 Å². The molecule has 0 spiro atoms. The summed E-state index contributed by atoms with van der Waals surface area (Å²) in [7, 11) is 0. The van der Waals surface area contributed by atoms with Crippen LogP contribution in [0.4, 0.5) is 8.78 Å². The third-order valence-corrected chi connectivity index (χ3v) is 3.37. The zero-order chi connectivity index (χ0) is 11.4. The molecule has 1 aromatic heterocycles. The second-order valence-corrected chi connectivity index (χ2v) is 4.32. The van der Waals surface area contributed by atoms with Crippen molar-refractivity contribution < 1.29 is 8.78 Å². The van der Waals surface area contributed by atoms with E-state index >= 15 is 0 Å². The average Bonchev–Trinajstić information content (AvgIpc) is 2.20. The quantitative estimate of drug-likeness (QED) is 0.452. The van der Waals surface area contributed by atoms with Gasteiger partial charge < -0.3 is 0 Å². The molecule has 0 aliphatic heterocycles. The number of nitriles is 1. The molecule has 0 saturated heterocycles. The Morgan fingerprint density at radius 1 is 1.60 bits per heavy atom. The van der Waals surface area contributed by atoms with E-state index in [1.165, 1.54) is 6.20 Å². The zero-order valence-electron chi connectivity index (χ0n) is 7.48. The molecular weight excluding hydrogens is 381 g/mol. The Balaban J connectivity index is 3.36. The lowest BCUT2D eigenvalue weighted by Crippen LogP contribution is -2.04. The van der Waals surface area contributed by atoms with Crippen molar-refractivity contribution in [3.63, 3.8) is 0 Å². The average molecular weight is 387 g/mol. The molecule has 0 aliphatic carbocycles. The molecule has 0 unspecified atom stereocenters. The minimum absolute atomic E-state index is 0.0381. The molecule has 6 heteroatoms. The number of aromatic nitrogens is 1. The van der Waals surface area contributed by atoms with Gasteiger partial charge in [0, 0.05) is 22.7 Å². The van der Waals surface area contributed by atoms with Gasteiger partial charge in [0.2, 0.25) is 0 Å². The number of pyridine rings is 1. The molecule has 0 N–H and O–H groups in total. The lowest BCUT2D eigenvalue weighted by Gasteiger charge is -2.11. The van der Waals surface area contributed by atoms with Crippen LogP contribution < -0.4 is 0 Å². The zero-order valence-corrected chi connectivity index (χ0v) is 11.2. The predicted octanol–water partition coefficient (Wildman–Crippen LogP) is 3.58. The monoisotopic (exact) mass is 386 g/mol. The van der Waals surface area contributed by atoms with Crippen LogP contribution in [-0.4, -0.2) is 4.98 Å². The van der Waals surface area contributed by atoms with Gasteiger partial charge in [0.05, 0.1) is 12.5 Å². The highest BCUT2D eigenvalue weighted by Crippen LogP contribution is 2.30. The lowest BCUT2D eigenvalue weighted by atomic mass is 10.0. The second-order valence-electron chi connectivity index (χ2n) is 2.74. The number of rotatable bonds is 3. The first-order chi connectivity index (χ1) is 7.11. The maximum Gasteiger partial charge on any atom is 0.264 e. The smallest absolute Gasteiger partial charge is 0.250 e. The fourth-order valence-electron chi connectivity index (χ4n) is 1.21. The van der Waals surface area contributed by atoms with Crippen LogP contribution in [0.25, 0.3) is 0 Å². The Kier molecular flexibility index (Phi) is 4.86. The highest BCUT2D eigenvalue weighted by Gasteiger charge is 2.20. The van der Waals surface area contributed by atoms with Crippen molar-refractivity contribution in [2.45, 2.75) is 18.2 Å². The van der Waals surface area contributed by atoms with Crippen LogP contribution in [-0.2, 0) is 11.8 Å². The SMILES string of the molecule is N#CCc1cnc(I)c(CBr)c1C(F)F. The summed E-state index contributed by atoms with van der Waals surface area (Å²) in [5.74, 6) is 0. The van der Waals surface area contributed by atoms with Gasteiger partial charge in [-0.2, -0.15) is 5.26 Å². The van der Waals surface area contributed by atoms with Crippen LogP contribution in [0.1, 0.15) is 23.1 Å². The van der Waals surface area contributed by atoms with E-state index in [4.69, 9.17) is 5.26 Å². The maximum absolute atomic E-state index is 12.8. The molecule has 2 nitrogen and oxygen atoms in total. The molecule has 0 aliphatic rings. The molecule has 1 heterocycles. The largest absolute Gasteiger partial charge is 0.264 e. The molecule has 1 aromatic rings. The Hall–Kier alpha value is -0.290. The number of hydrogen-bond donors (Lipinski definition) is 0. The van der Waals surface area contributed by atoms with Crippen LogP contribution in [0.5, 0.6) is 0 Å². The molecule has 0 bridgehead atoms. The number of hydrogen-bond acceptors (Lipinski definition) is 2. The molecule has 80 valence electrons. The molecule has 0 radical (unpaired) electrons. The standard InChI is InChI=1S/C9H6BrF2IN2/c10-3-6-7(8(11)12)5(1-2-14)4-15-9(6)13/h4,8H,1,3H2. The van der Waals surface area contributed by atoms with E-state index in [2.05, 4.69) is 20.9 Å². The molecule has 0 saturated carbocycles. The summed E-state index contributed by atoms with van der Waals surface area (Å²) in [6.45, 7) is 0. The molecule has 0 fully saturated rings. The Labute approximate surface area is 108 Å². The molecule has 15 heavy (non-hydrogen) atoms. The van der Waals surface area contributed by atoms with Crippen molar-refractivity contribution in [1.29, 1.82) is 5.26 Å². The first kappa shape index (κ1) is 12.8. The van der Waals surface area contributed by atoms with Gasteiger partial charge in [-0.3, -0.25) is 0 Å². The summed E-state index contributed by atoms with van der Waals surface area (Å²) >= 11 is 5.06. The molecular formula is C9H6BrF2IN2. The fourth-order valence-corrected chi connectivity index (χ4v) is 2.92. The Morgan fingerprint density at radius 2 is 2.27 bits per heavy atom. The van der Waals surface area contributed by atoms with E-state index in [-0.39, 0.29) is 12.0 Å². The van der Waals surface area contributed by atoms with Gasteiger partial charge >= 0.3 is 0 Å². The third-order valence-electron chi connectivity index (χ3n) is 1.88. The van der Waals surface area contributed by atoms with Crippen LogP contribution >= 0.6 is 38.5 Å². The highest BCUT2D eigenvalue weighted by atomic mass is 127. The van der Waals surface area contributed by atoms with Gasteiger partial charge in [-0.25, -0.2) is 13.8 Å². The van der Waals surface area contributed by atoms with E-state index < -0.39 is 6.43 Å². The van der Waals surface area contributed by atoms with Crippen molar-refractivity contribution in [1.82, 2.24) is 4.98 Å². The minimum Gasteiger partial charge on any atom is -0.250 e. The van der Waals surface area contributed by atoms with E-state index in [0.29, 0.717) is 20.2 Å². The summed E-state index contributed by atoms with van der Waals surface area (Å²) in [4.78, 5) is 3.98. The normalized spacial score (nSPS) is 10.4. The van der Waals surface area contributed by atoms with Gasteiger partial charge in [0.15, 0.2) is 0 Å². The third kappa shape index (κ3) is 2.84. The second kappa shape index (κ2) is 5.70. The molecule has 0 atom stereocenters. The summed E-state index contributed by atoms with van der Waals surface area (Å²) < 4.78 is 26.2. The number of alkyl halides is 3. The Bertz CT molecular complexity index is 404. The predicted molar refractivity (Wildman–Crippen MR) is 63.9 cm³/mol. The van der Waals surface area contributed by atoms with Gasteiger partial charge in [-0.15, -0.1) is 0 Å². The maximum atomic E-state index is 12.8. The van der Waals surface area contributed by atoms with Crippen molar-refractivity contribution in [2.75, 3.05) is 0 Å². The van der Waals surface area contributed by atoms with Crippen molar-refractivity contribution in [3.05, 3.63) is 26.6 Å². The van der Waals surface area contributed by atoms with E-state index in [1.54, 1.807) is 0 Å². The first-order valence-electron chi connectivity index (χ1n) is 3.99. The summed E-state index contributed by atoms with van der Waals surface area (Å²) in [5, 5.41) is 8.84. The van der Waals surface area contributed by atoms with Crippen molar-refractivity contribution in [2.24, 2.45) is 0 Å². The highest BCUT2D eigenvalue weighted by molar-refractivity contribution is 14.1. The lowest BCUT2D eigenvalue weighted by molar-refractivity contribution is 0.149. The van der Waals surface area contributed by atoms with E-state index in [9.17, 15) is 8.78 Å². The Morgan fingerprint density at radius 3 is 2.73 bits per heavy atom.